The quantitative estimate of drug-likeness (QED) is 0.163. The number of aromatic nitrogens is 2. The van der Waals surface area contributed by atoms with Crippen molar-refractivity contribution in [1.29, 1.82) is 0 Å². The molecule has 6 heteroatoms. The first-order valence-corrected chi connectivity index (χ1v) is 18.4. The van der Waals surface area contributed by atoms with Gasteiger partial charge in [0.25, 0.3) is 0 Å². The lowest BCUT2D eigenvalue weighted by Crippen LogP contribution is -2.59. The maximum absolute atomic E-state index is 7.20. The van der Waals surface area contributed by atoms with Crippen LogP contribution in [0.4, 0.5) is 17.1 Å². The fraction of sp³-hybridized carbons (Fsp3) is 0.0426. The Morgan fingerprint density at radius 3 is 2.38 bits per heavy atom. The molecule has 0 saturated carbocycles. The van der Waals surface area contributed by atoms with Crippen molar-refractivity contribution in [3.05, 3.63) is 150 Å². The monoisotopic (exact) mass is 675 g/mol. The van der Waals surface area contributed by atoms with Gasteiger partial charge in [-0.15, -0.1) is 0 Å². The Hall–Kier alpha value is -6.79. The summed E-state index contributed by atoms with van der Waals surface area (Å²) in [7, 11) is 0. The van der Waals surface area contributed by atoms with E-state index in [1.165, 1.54) is 54.8 Å². The van der Waals surface area contributed by atoms with E-state index >= 15 is 0 Å². The lowest BCUT2D eigenvalue weighted by molar-refractivity contribution is 0.637. The zero-order valence-electron chi connectivity index (χ0n) is 28.3. The van der Waals surface area contributed by atoms with Crippen molar-refractivity contribution in [2.45, 2.75) is 12.3 Å². The Bertz CT molecular complexity index is 3340. The molecule has 14 rings (SSSR count). The molecule has 5 nitrogen and oxygen atoms in total. The summed E-state index contributed by atoms with van der Waals surface area (Å²) in [5, 5.41) is 7.22. The summed E-state index contributed by atoms with van der Waals surface area (Å²) >= 11 is 0. The van der Waals surface area contributed by atoms with E-state index in [9.17, 15) is 0 Å². The summed E-state index contributed by atoms with van der Waals surface area (Å²) in [6.45, 7) is -0.257. The molecule has 3 aliphatic heterocycles. The minimum absolute atomic E-state index is 0.218. The van der Waals surface area contributed by atoms with Crippen molar-refractivity contribution in [2.24, 2.45) is 0 Å². The van der Waals surface area contributed by atoms with Gasteiger partial charge in [0.05, 0.1) is 27.8 Å². The fourth-order valence-electron chi connectivity index (χ4n) is 10.5. The van der Waals surface area contributed by atoms with Crippen LogP contribution in [0.5, 0.6) is 0 Å². The fourth-order valence-corrected chi connectivity index (χ4v) is 10.5. The van der Waals surface area contributed by atoms with Crippen LogP contribution in [0.1, 0.15) is 29.0 Å². The van der Waals surface area contributed by atoms with Gasteiger partial charge in [0.15, 0.2) is 0 Å². The van der Waals surface area contributed by atoms with Gasteiger partial charge in [-0.3, -0.25) is 4.98 Å². The Morgan fingerprint density at radius 2 is 1.47 bits per heavy atom. The molecule has 244 valence electrons. The molecule has 0 spiro atoms. The number of hydrogen-bond donors (Lipinski definition) is 0. The summed E-state index contributed by atoms with van der Waals surface area (Å²) in [6, 6.07) is 42.3. The molecule has 0 N–H and O–H groups in total. The molecular formula is C47H26BN3O2. The molecule has 53 heavy (non-hydrogen) atoms. The van der Waals surface area contributed by atoms with Gasteiger partial charge in [-0.1, -0.05) is 84.9 Å². The molecule has 7 heterocycles. The first-order chi connectivity index (χ1) is 26.3. The molecule has 1 aliphatic carbocycles. The molecule has 4 aromatic heterocycles. The lowest BCUT2D eigenvalue weighted by atomic mass is 9.38. The van der Waals surface area contributed by atoms with Crippen LogP contribution in [0.2, 0.25) is 0 Å². The Morgan fingerprint density at radius 1 is 0.679 bits per heavy atom. The molecule has 4 aliphatic rings. The smallest absolute Gasteiger partial charge is 0.342 e. The predicted octanol–water partition coefficient (Wildman–Crippen LogP) is 9.97. The second-order valence-corrected chi connectivity index (χ2v) is 15.0. The highest BCUT2D eigenvalue weighted by atomic mass is 16.3. The minimum atomic E-state index is -0.257. The summed E-state index contributed by atoms with van der Waals surface area (Å²) in [5.74, 6) is 0.218. The Kier molecular flexibility index (Phi) is 4.66. The summed E-state index contributed by atoms with van der Waals surface area (Å²) < 4.78 is 16.9. The van der Waals surface area contributed by atoms with Crippen LogP contribution in [0.3, 0.4) is 0 Å². The third kappa shape index (κ3) is 3.09. The van der Waals surface area contributed by atoms with E-state index in [4.69, 9.17) is 8.83 Å². The van der Waals surface area contributed by atoms with Crippen molar-refractivity contribution in [2.75, 3.05) is 4.90 Å². The molecule has 0 saturated heterocycles. The average molecular weight is 676 g/mol. The van der Waals surface area contributed by atoms with Crippen LogP contribution in [0.25, 0.3) is 77.4 Å². The number of benzene rings is 6. The van der Waals surface area contributed by atoms with Crippen LogP contribution >= 0.6 is 0 Å². The number of nitrogens with zero attached hydrogens (tertiary/aromatic N) is 3. The van der Waals surface area contributed by atoms with E-state index in [1.54, 1.807) is 0 Å². The van der Waals surface area contributed by atoms with Gasteiger partial charge in [-0.2, -0.15) is 0 Å². The zero-order chi connectivity index (χ0) is 34.1. The number of hydrogen-bond acceptors (Lipinski definition) is 4. The van der Waals surface area contributed by atoms with Crippen molar-refractivity contribution in [3.8, 4) is 16.8 Å². The molecule has 1 unspecified atom stereocenters. The van der Waals surface area contributed by atoms with Crippen LogP contribution in [0, 0.1) is 0 Å². The van der Waals surface area contributed by atoms with Crippen molar-refractivity contribution < 1.29 is 8.83 Å². The Labute approximate surface area is 303 Å². The second kappa shape index (κ2) is 9.16. The zero-order valence-corrected chi connectivity index (χ0v) is 28.3. The highest BCUT2D eigenvalue weighted by molar-refractivity contribution is 6.99. The van der Waals surface area contributed by atoms with Gasteiger partial charge in [0, 0.05) is 46.0 Å². The molecule has 6 aromatic carbocycles. The van der Waals surface area contributed by atoms with Gasteiger partial charge in [0.2, 0.25) is 0 Å². The number of anilines is 3. The summed E-state index contributed by atoms with van der Waals surface area (Å²) in [4.78, 5) is 7.13. The van der Waals surface area contributed by atoms with E-state index in [0.717, 1.165) is 73.5 Å². The second-order valence-electron chi connectivity index (χ2n) is 15.0. The van der Waals surface area contributed by atoms with Crippen LogP contribution in [0.15, 0.2) is 143 Å². The van der Waals surface area contributed by atoms with Crippen LogP contribution in [-0.2, 0) is 0 Å². The molecular weight excluding hydrogens is 649 g/mol. The van der Waals surface area contributed by atoms with Crippen molar-refractivity contribution in [3.63, 3.8) is 0 Å². The van der Waals surface area contributed by atoms with E-state index in [2.05, 4.69) is 136 Å². The van der Waals surface area contributed by atoms with E-state index < -0.39 is 0 Å². The number of pyridine rings is 1. The third-order valence-corrected chi connectivity index (χ3v) is 12.5. The summed E-state index contributed by atoms with van der Waals surface area (Å²) in [5.41, 5.74) is 17.9. The standard InChI is InChI=1S/C47H26BN3O2/c1-8-25-10-3-17-33-39(25)29(13-1)31-15-5-19-37-41(31)44-46(52-37)48-43-35(50(33)44)22-28(27-12-7-21-49-24-27)23-36(43)51-34-18-4-11-26-9-2-14-30(40(26)34)32-16-6-20-38-42(32)45(51)47(48)53-38/h1-13,15-24,30H,14H2. The van der Waals surface area contributed by atoms with Gasteiger partial charge in [0.1, 0.15) is 22.5 Å². The molecule has 0 amide bonds. The first-order valence-electron chi connectivity index (χ1n) is 18.4. The molecule has 0 bridgehead atoms. The number of fused-ring (bicyclic) bond motifs is 8. The highest BCUT2D eigenvalue weighted by Gasteiger charge is 2.50. The van der Waals surface area contributed by atoms with E-state index in [1.807, 2.05) is 18.5 Å². The van der Waals surface area contributed by atoms with E-state index in [0.29, 0.717) is 0 Å². The maximum atomic E-state index is 7.20. The number of allylic oxidation sites excluding steroid dienone is 1. The Balaban J connectivity index is 1.26. The van der Waals surface area contributed by atoms with Crippen LogP contribution < -0.4 is 21.7 Å². The molecule has 1 atom stereocenters. The normalized spacial score (nSPS) is 15.9. The van der Waals surface area contributed by atoms with Gasteiger partial charge < -0.3 is 18.3 Å². The topological polar surface area (TPSA) is 47.3 Å². The van der Waals surface area contributed by atoms with Crippen LogP contribution in [-0.4, -0.2) is 16.3 Å². The lowest BCUT2D eigenvalue weighted by Gasteiger charge is -2.38. The summed E-state index contributed by atoms with van der Waals surface area (Å²) in [6.07, 6.45) is 9.42. The highest BCUT2D eigenvalue weighted by Crippen LogP contribution is 2.55. The average Bonchev–Trinajstić information content (AvgIpc) is 3.72. The predicted molar refractivity (Wildman–Crippen MR) is 216 cm³/mol. The number of furan rings is 2. The molecule has 0 radical (unpaired) electrons. The first kappa shape index (κ1) is 26.9. The largest absolute Gasteiger partial charge is 0.468 e. The van der Waals surface area contributed by atoms with Crippen molar-refractivity contribution >= 4 is 101 Å². The van der Waals surface area contributed by atoms with E-state index in [-0.39, 0.29) is 12.6 Å². The van der Waals surface area contributed by atoms with Gasteiger partial charge >= 0.3 is 6.71 Å². The SMILES string of the molecule is C1=Cc2cccc3c2C(C1)c1cccc2oc4c(c12)N3c1cc(-c2cccnc2)cc2c1B4c1oc3cccc4c5cccc6cccc(c65)n-2c1c34. The van der Waals surface area contributed by atoms with Gasteiger partial charge in [-0.25, -0.2) is 0 Å². The van der Waals surface area contributed by atoms with Crippen molar-refractivity contribution in [1.82, 2.24) is 9.55 Å². The van der Waals surface area contributed by atoms with Gasteiger partial charge in [-0.05, 0) is 92.8 Å². The third-order valence-electron chi connectivity index (χ3n) is 12.5. The minimum Gasteiger partial charge on any atom is -0.468 e. The number of rotatable bonds is 1. The maximum Gasteiger partial charge on any atom is 0.342 e. The molecule has 0 fully saturated rings. The molecule has 10 aromatic rings.